The van der Waals surface area contributed by atoms with Crippen LogP contribution in [0, 0.1) is 13.8 Å². The molecule has 0 saturated carbocycles. The second-order valence-electron chi connectivity index (χ2n) is 8.14. The van der Waals surface area contributed by atoms with E-state index in [2.05, 4.69) is 5.10 Å². The summed E-state index contributed by atoms with van der Waals surface area (Å²) >= 11 is 0. The number of likely N-dealkylation sites (tertiary alicyclic amines) is 1. The van der Waals surface area contributed by atoms with E-state index in [1.165, 1.54) is 11.1 Å². The number of aliphatic hydroxyl groups excluding tert-OH is 1. The van der Waals surface area contributed by atoms with E-state index in [0.717, 1.165) is 5.69 Å². The third-order valence-electron chi connectivity index (χ3n) is 5.62. The summed E-state index contributed by atoms with van der Waals surface area (Å²) in [6, 6.07) is 12.2. The van der Waals surface area contributed by atoms with Crippen LogP contribution in [0.4, 0.5) is 0 Å². The van der Waals surface area contributed by atoms with Crippen LogP contribution in [0.1, 0.15) is 28.8 Å². The van der Waals surface area contributed by atoms with E-state index in [0.29, 0.717) is 35.9 Å². The summed E-state index contributed by atoms with van der Waals surface area (Å²) in [4.78, 5) is 29.4. The third kappa shape index (κ3) is 3.73. The molecule has 1 N–H and O–H groups in total. The van der Waals surface area contributed by atoms with E-state index in [9.17, 15) is 14.7 Å². The fraction of sp³-hybridized carbons (Fsp3) is 0.292. The van der Waals surface area contributed by atoms with E-state index in [4.69, 9.17) is 4.42 Å². The lowest BCUT2D eigenvalue weighted by atomic mass is 9.99. The molecule has 4 rings (SSSR count). The Hall–Kier alpha value is -3.65. The summed E-state index contributed by atoms with van der Waals surface area (Å²) in [6.45, 7) is 4.49. The van der Waals surface area contributed by atoms with Gasteiger partial charge < -0.3 is 19.3 Å². The molecule has 3 aromatic rings. The summed E-state index contributed by atoms with van der Waals surface area (Å²) < 4.78 is 7.48. The van der Waals surface area contributed by atoms with Gasteiger partial charge in [0.2, 0.25) is 0 Å². The molecule has 166 valence electrons. The third-order valence-corrected chi connectivity index (χ3v) is 5.62. The first-order valence-corrected chi connectivity index (χ1v) is 10.4. The van der Waals surface area contributed by atoms with Crippen LogP contribution in [0.3, 0.4) is 0 Å². The summed E-state index contributed by atoms with van der Waals surface area (Å²) in [6.07, 6.45) is 1.51. The molecule has 0 radical (unpaired) electrons. The van der Waals surface area contributed by atoms with Gasteiger partial charge >= 0.3 is 0 Å². The Morgan fingerprint density at radius 2 is 1.84 bits per heavy atom. The van der Waals surface area contributed by atoms with Crippen molar-refractivity contribution in [1.29, 1.82) is 0 Å². The number of carbonyl (C=O) groups excluding carboxylic acids is 2. The lowest BCUT2D eigenvalue weighted by molar-refractivity contribution is -0.140. The predicted molar refractivity (Wildman–Crippen MR) is 119 cm³/mol. The van der Waals surface area contributed by atoms with Gasteiger partial charge in [0.1, 0.15) is 23.3 Å². The number of amides is 1. The van der Waals surface area contributed by atoms with Crippen molar-refractivity contribution in [3.63, 3.8) is 0 Å². The fourth-order valence-electron chi connectivity index (χ4n) is 3.93. The van der Waals surface area contributed by atoms with Crippen LogP contribution >= 0.6 is 0 Å². The molecule has 1 aliphatic rings. The second-order valence-corrected chi connectivity index (χ2v) is 8.14. The highest BCUT2D eigenvalue weighted by molar-refractivity contribution is 6.46. The van der Waals surface area contributed by atoms with Gasteiger partial charge in [-0.15, -0.1) is 0 Å². The van der Waals surface area contributed by atoms with Crippen molar-refractivity contribution in [1.82, 2.24) is 19.6 Å². The highest BCUT2D eigenvalue weighted by Gasteiger charge is 2.47. The van der Waals surface area contributed by atoms with E-state index in [1.54, 1.807) is 23.7 Å². The molecule has 1 amide bonds. The average molecular weight is 434 g/mol. The largest absolute Gasteiger partial charge is 0.507 e. The van der Waals surface area contributed by atoms with Crippen molar-refractivity contribution < 1.29 is 19.1 Å². The molecule has 2 aromatic heterocycles. The Labute approximate surface area is 186 Å². The number of para-hydroxylation sites is 1. The lowest BCUT2D eigenvalue weighted by Crippen LogP contribution is -2.35. The zero-order valence-electron chi connectivity index (χ0n) is 18.6. The number of aryl methyl sites for hydroxylation is 1. The van der Waals surface area contributed by atoms with Gasteiger partial charge in [-0.25, -0.2) is 4.68 Å². The number of benzene rings is 1. The number of nitrogens with zero attached hydrogens (tertiary/aromatic N) is 4. The van der Waals surface area contributed by atoms with Crippen molar-refractivity contribution in [3.05, 3.63) is 77.0 Å². The Morgan fingerprint density at radius 3 is 2.47 bits per heavy atom. The molecule has 3 heterocycles. The second kappa shape index (κ2) is 8.47. The summed E-state index contributed by atoms with van der Waals surface area (Å²) in [5.41, 5.74) is 1.89. The molecular formula is C24H26N4O4. The van der Waals surface area contributed by atoms with Gasteiger partial charge in [-0.05, 0) is 52.2 Å². The summed E-state index contributed by atoms with van der Waals surface area (Å²) in [5.74, 6) is -0.538. The molecule has 0 unspecified atom stereocenters. The first-order chi connectivity index (χ1) is 15.3. The van der Waals surface area contributed by atoms with Crippen molar-refractivity contribution in [2.24, 2.45) is 0 Å². The Kier molecular flexibility index (Phi) is 5.71. The normalized spacial score (nSPS) is 18.2. The summed E-state index contributed by atoms with van der Waals surface area (Å²) in [7, 11) is 3.79. The number of rotatable bonds is 6. The number of aromatic nitrogens is 2. The SMILES string of the molecule is Cc1ccc([C@H]2/C(=C(/O)c3cnn(-c4ccccc4)c3C)C(=O)C(=O)N2CCN(C)C)o1. The van der Waals surface area contributed by atoms with Gasteiger partial charge in [-0.3, -0.25) is 9.59 Å². The molecule has 0 bridgehead atoms. The maximum Gasteiger partial charge on any atom is 0.295 e. The standard InChI is InChI=1S/C24H26N4O4/c1-15-10-11-19(32-15)21-20(23(30)24(31)27(21)13-12-26(3)4)22(29)18-14-25-28(16(18)2)17-8-6-5-7-9-17/h5-11,14,21,29H,12-13H2,1-4H3/b22-20-/t21-/m0/s1. The number of Topliss-reactive ketones (excluding diaryl/α,β-unsaturated/α-hetero) is 1. The number of hydrogen-bond donors (Lipinski definition) is 1. The first-order valence-electron chi connectivity index (χ1n) is 10.4. The number of likely N-dealkylation sites (N-methyl/N-ethyl adjacent to an activating group) is 1. The minimum atomic E-state index is -0.803. The topological polar surface area (TPSA) is 91.8 Å². The van der Waals surface area contributed by atoms with Crippen LogP contribution in [0.15, 0.2) is 58.7 Å². The molecule has 1 aromatic carbocycles. The van der Waals surface area contributed by atoms with Gasteiger partial charge in [0.25, 0.3) is 11.7 Å². The van der Waals surface area contributed by atoms with E-state index < -0.39 is 17.7 Å². The van der Waals surface area contributed by atoms with E-state index in [-0.39, 0.29) is 11.3 Å². The zero-order chi connectivity index (χ0) is 23.0. The molecule has 1 aliphatic heterocycles. The molecule has 8 nitrogen and oxygen atoms in total. The van der Waals surface area contributed by atoms with Crippen LogP contribution in [0.25, 0.3) is 11.4 Å². The highest BCUT2D eigenvalue weighted by atomic mass is 16.3. The maximum atomic E-state index is 13.1. The van der Waals surface area contributed by atoms with E-state index in [1.807, 2.05) is 56.3 Å². The van der Waals surface area contributed by atoms with Crippen molar-refractivity contribution in [3.8, 4) is 5.69 Å². The average Bonchev–Trinajstić information content (AvgIpc) is 3.43. The Morgan fingerprint density at radius 1 is 1.12 bits per heavy atom. The quantitative estimate of drug-likeness (QED) is 0.364. The monoisotopic (exact) mass is 434 g/mol. The molecule has 1 atom stereocenters. The van der Waals surface area contributed by atoms with Crippen LogP contribution in [0.5, 0.6) is 0 Å². The molecular weight excluding hydrogens is 408 g/mol. The fourth-order valence-corrected chi connectivity index (χ4v) is 3.93. The Balaban J connectivity index is 1.83. The smallest absolute Gasteiger partial charge is 0.295 e. The van der Waals surface area contributed by atoms with Crippen molar-refractivity contribution in [2.75, 3.05) is 27.2 Å². The minimum absolute atomic E-state index is 0.0128. The predicted octanol–water partition coefficient (Wildman–Crippen LogP) is 3.07. The summed E-state index contributed by atoms with van der Waals surface area (Å²) in [5, 5.41) is 15.6. The Bertz CT molecular complexity index is 1190. The molecule has 0 aliphatic carbocycles. The van der Waals surface area contributed by atoms with Gasteiger partial charge in [-0.2, -0.15) is 5.10 Å². The van der Waals surface area contributed by atoms with Gasteiger partial charge in [-0.1, -0.05) is 18.2 Å². The van der Waals surface area contributed by atoms with Gasteiger partial charge in [0.05, 0.1) is 28.7 Å². The lowest BCUT2D eigenvalue weighted by Gasteiger charge is -2.24. The molecule has 1 saturated heterocycles. The maximum absolute atomic E-state index is 13.1. The number of hydrogen-bond acceptors (Lipinski definition) is 6. The molecule has 32 heavy (non-hydrogen) atoms. The van der Waals surface area contributed by atoms with E-state index >= 15 is 0 Å². The minimum Gasteiger partial charge on any atom is -0.507 e. The van der Waals surface area contributed by atoms with Crippen molar-refractivity contribution in [2.45, 2.75) is 19.9 Å². The van der Waals surface area contributed by atoms with Gasteiger partial charge in [0.15, 0.2) is 0 Å². The number of aliphatic hydroxyl groups is 1. The molecule has 8 heteroatoms. The van der Waals surface area contributed by atoms with Crippen LogP contribution in [0.2, 0.25) is 0 Å². The van der Waals surface area contributed by atoms with Crippen LogP contribution < -0.4 is 0 Å². The first kappa shape index (κ1) is 21.6. The van der Waals surface area contributed by atoms with Crippen LogP contribution in [-0.2, 0) is 9.59 Å². The molecule has 0 spiro atoms. The zero-order valence-corrected chi connectivity index (χ0v) is 18.6. The number of furan rings is 1. The molecule has 1 fully saturated rings. The van der Waals surface area contributed by atoms with Crippen molar-refractivity contribution >= 4 is 17.4 Å². The van der Waals surface area contributed by atoms with Crippen LogP contribution in [-0.4, -0.2) is 63.6 Å². The number of carbonyl (C=O) groups is 2. The van der Waals surface area contributed by atoms with Gasteiger partial charge in [0, 0.05) is 13.1 Å². The highest BCUT2D eigenvalue weighted by Crippen LogP contribution is 2.40. The number of ketones is 1.